The van der Waals surface area contributed by atoms with Gasteiger partial charge in [-0.3, -0.25) is 9.48 Å². The van der Waals surface area contributed by atoms with Gasteiger partial charge in [0.2, 0.25) is 5.91 Å². The van der Waals surface area contributed by atoms with Crippen molar-refractivity contribution in [1.82, 2.24) is 14.8 Å². The topological polar surface area (TPSA) is 84.3 Å². The zero-order valence-electron chi connectivity index (χ0n) is 19.8. The van der Waals surface area contributed by atoms with Gasteiger partial charge in [0.15, 0.2) is 0 Å². The summed E-state index contributed by atoms with van der Waals surface area (Å²) in [5.74, 6) is 0.504. The molecule has 1 amide bonds. The molecule has 0 fully saturated rings. The van der Waals surface area contributed by atoms with Crippen molar-refractivity contribution >= 4 is 23.1 Å². The summed E-state index contributed by atoms with van der Waals surface area (Å²) in [4.78, 5) is 19.0. The number of likely N-dealkylation sites (N-methyl/N-ethyl adjacent to an activating group) is 1. The van der Waals surface area contributed by atoms with Gasteiger partial charge in [-0.05, 0) is 31.5 Å². The van der Waals surface area contributed by atoms with Gasteiger partial charge >= 0.3 is 6.18 Å². The van der Waals surface area contributed by atoms with Gasteiger partial charge in [-0.25, -0.2) is 4.98 Å². The molecule has 0 aliphatic carbocycles. The Balaban J connectivity index is 1.43. The maximum absolute atomic E-state index is 12.7. The number of nitrogens with zero attached hydrogens (tertiary/aromatic N) is 4. The monoisotopic (exact) mass is 488 g/mol. The zero-order chi connectivity index (χ0) is 25.3. The average molecular weight is 489 g/mol. The number of ether oxygens (including phenoxy) is 1. The van der Waals surface area contributed by atoms with Crippen LogP contribution in [0, 0.1) is 6.92 Å². The Morgan fingerprint density at radius 3 is 2.60 bits per heavy atom. The predicted octanol–water partition coefficient (Wildman–Crippen LogP) is 4.06. The number of fused-ring (bicyclic) bond motifs is 1. The quantitative estimate of drug-likeness (QED) is 0.522. The highest BCUT2D eigenvalue weighted by atomic mass is 19.4. The second-order valence-corrected chi connectivity index (χ2v) is 8.57. The smallest absolute Gasteiger partial charge is 0.379 e. The van der Waals surface area contributed by atoms with Crippen LogP contribution in [0.2, 0.25) is 0 Å². The summed E-state index contributed by atoms with van der Waals surface area (Å²) in [6.45, 7) is 4.49. The molecule has 1 aromatic carbocycles. The molecule has 0 radical (unpaired) electrons. The molecular weight excluding hydrogens is 461 g/mol. The Labute approximate surface area is 201 Å². The van der Waals surface area contributed by atoms with Crippen LogP contribution in [0.5, 0.6) is 0 Å². The van der Waals surface area contributed by atoms with Gasteiger partial charge in [0, 0.05) is 38.5 Å². The molecule has 3 aromatic rings. The zero-order valence-corrected chi connectivity index (χ0v) is 19.8. The number of rotatable bonds is 7. The van der Waals surface area contributed by atoms with Gasteiger partial charge in [0.1, 0.15) is 11.9 Å². The Hall–Kier alpha value is -3.60. The van der Waals surface area contributed by atoms with Gasteiger partial charge in [-0.1, -0.05) is 12.1 Å². The predicted molar refractivity (Wildman–Crippen MR) is 126 cm³/mol. The van der Waals surface area contributed by atoms with Crippen molar-refractivity contribution in [3.8, 4) is 0 Å². The van der Waals surface area contributed by atoms with E-state index in [0.29, 0.717) is 30.3 Å². The summed E-state index contributed by atoms with van der Waals surface area (Å²) in [7, 11) is 3.43. The van der Waals surface area contributed by atoms with E-state index in [-0.39, 0.29) is 12.0 Å². The normalized spacial score (nSPS) is 16.6. The molecule has 186 valence electrons. The van der Waals surface area contributed by atoms with Crippen LogP contribution in [0.25, 0.3) is 0 Å². The Kier molecular flexibility index (Phi) is 6.70. The molecule has 0 saturated heterocycles. The first kappa shape index (κ1) is 24.5. The summed E-state index contributed by atoms with van der Waals surface area (Å²) < 4.78 is 45.3. The minimum atomic E-state index is -4.35. The molecule has 0 spiro atoms. The first-order chi connectivity index (χ1) is 16.6. The van der Waals surface area contributed by atoms with Crippen LogP contribution in [0.4, 0.5) is 30.4 Å². The van der Waals surface area contributed by atoms with E-state index in [1.807, 2.05) is 38.1 Å². The number of halogens is 3. The number of hydrogen-bond donors (Lipinski definition) is 2. The number of benzene rings is 1. The molecule has 2 atom stereocenters. The number of anilines is 3. The molecule has 0 unspecified atom stereocenters. The fourth-order valence-corrected chi connectivity index (χ4v) is 4.12. The number of aryl methyl sites for hydroxylation is 1. The van der Waals surface area contributed by atoms with Crippen LogP contribution in [0.3, 0.4) is 0 Å². The molecule has 0 bridgehead atoms. The van der Waals surface area contributed by atoms with E-state index in [4.69, 9.17) is 4.74 Å². The van der Waals surface area contributed by atoms with Crippen LogP contribution < -0.4 is 15.5 Å². The van der Waals surface area contributed by atoms with Crippen LogP contribution in [0.15, 0.2) is 42.7 Å². The third-order valence-electron chi connectivity index (χ3n) is 6.10. The number of carbonyl (C=O) groups is 1. The Morgan fingerprint density at radius 2 is 1.94 bits per heavy atom. The SMILES string of the molecule is CO[C@H](C)[C@H]1C(=O)Nc2c(cc(NCc3cnn(Cc4ccc(C(F)(F)F)cc4)c3)nc2C)N1C. The van der Waals surface area contributed by atoms with Crippen molar-refractivity contribution in [2.24, 2.45) is 0 Å². The molecule has 2 aromatic heterocycles. The largest absolute Gasteiger partial charge is 0.416 e. The average Bonchev–Trinajstić information content (AvgIpc) is 3.25. The number of carbonyl (C=O) groups excluding carboxylic acids is 1. The van der Waals surface area contributed by atoms with Gasteiger partial charge in [-0.2, -0.15) is 18.3 Å². The van der Waals surface area contributed by atoms with Gasteiger partial charge in [-0.15, -0.1) is 0 Å². The number of amides is 1. The number of alkyl halides is 3. The Bertz CT molecular complexity index is 1210. The molecule has 0 saturated carbocycles. The second kappa shape index (κ2) is 9.57. The van der Waals surface area contributed by atoms with E-state index in [2.05, 4.69) is 20.7 Å². The Morgan fingerprint density at radius 1 is 1.23 bits per heavy atom. The molecule has 8 nitrogen and oxygen atoms in total. The maximum atomic E-state index is 12.7. The molecule has 1 aliphatic heterocycles. The first-order valence-electron chi connectivity index (χ1n) is 11.1. The third kappa shape index (κ3) is 5.24. The highest BCUT2D eigenvalue weighted by Gasteiger charge is 2.36. The number of methoxy groups -OCH3 is 1. The van der Waals surface area contributed by atoms with Crippen LogP contribution >= 0.6 is 0 Å². The van der Waals surface area contributed by atoms with E-state index < -0.39 is 17.8 Å². The van der Waals surface area contributed by atoms with E-state index in [1.54, 1.807) is 18.0 Å². The third-order valence-corrected chi connectivity index (χ3v) is 6.10. The maximum Gasteiger partial charge on any atom is 0.416 e. The van der Waals surface area contributed by atoms with Crippen molar-refractivity contribution < 1.29 is 22.7 Å². The molecule has 4 rings (SSSR count). The van der Waals surface area contributed by atoms with E-state index in [0.717, 1.165) is 28.9 Å². The molecule has 35 heavy (non-hydrogen) atoms. The van der Waals surface area contributed by atoms with E-state index in [1.165, 1.54) is 12.1 Å². The van der Waals surface area contributed by atoms with Gasteiger partial charge in [0.05, 0.1) is 41.5 Å². The van der Waals surface area contributed by atoms with Gasteiger partial charge < -0.3 is 20.3 Å². The lowest BCUT2D eigenvalue weighted by Gasteiger charge is -2.38. The summed E-state index contributed by atoms with van der Waals surface area (Å²) in [6.07, 6.45) is -1.12. The number of pyridine rings is 1. The van der Waals surface area contributed by atoms with Crippen molar-refractivity contribution in [3.63, 3.8) is 0 Å². The molecule has 1 aliphatic rings. The number of hydrogen-bond acceptors (Lipinski definition) is 6. The van der Waals surface area contributed by atoms with Crippen LogP contribution in [0.1, 0.15) is 29.3 Å². The summed E-state index contributed by atoms with van der Waals surface area (Å²) in [5, 5.41) is 10.5. The van der Waals surface area contributed by atoms with Crippen molar-refractivity contribution in [3.05, 3.63) is 65.1 Å². The second-order valence-electron chi connectivity index (χ2n) is 8.57. The fraction of sp³-hybridized carbons (Fsp3) is 0.375. The minimum absolute atomic E-state index is 0.139. The van der Waals surface area contributed by atoms with Crippen LogP contribution in [-0.2, 0) is 28.8 Å². The molecule has 11 heteroatoms. The lowest BCUT2D eigenvalue weighted by Crippen LogP contribution is -2.52. The highest BCUT2D eigenvalue weighted by Crippen LogP contribution is 2.36. The highest BCUT2D eigenvalue weighted by molar-refractivity contribution is 6.04. The van der Waals surface area contributed by atoms with E-state index in [9.17, 15) is 18.0 Å². The summed E-state index contributed by atoms with van der Waals surface area (Å²) >= 11 is 0. The number of aromatic nitrogens is 3. The van der Waals surface area contributed by atoms with Crippen LogP contribution in [-0.4, -0.2) is 47.0 Å². The van der Waals surface area contributed by atoms with Crippen molar-refractivity contribution in [1.29, 1.82) is 0 Å². The molecule has 2 N–H and O–H groups in total. The van der Waals surface area contributed by atoms with Gasteiger partial charge in [0.25, 0.3) is 0 Å². The lowest BCUT2D eigenvalue weighted by atomic mass is 10.0. The van der Waals surface area contributed by atoms with Crippen molar-refractivity contribution in [2.45, 2.75) is 45.3 Å². The standard InChI is InChI=1S/C24H27F3N6O2/c1-14-21-19(32(3)22(15(2)35-4)23(34)31-21)9-20(30-14)28-10-17-11-29-33(13-17)12-16-5-7-18(8-6-16)24(25,26)27/h5-9,11,13,15,22H,10,12H2,1-4H3,(H,28,30)(H,31,34)/t15-,22+/m1/s1. The minimum Gasteiger partial charge on any atom is -0.379 e. The lowest BCUT2D eigenvalue weighted by molar-refractivity contribution is -0.137. The van der Waals surface area contributed by atoms with Crippen molar-refractivity contribution in [2.75, 3.05) is 29.7 Å². The molecule has 3 heterocycles. The first-order valence-corrected chi connectivity index (χ1v) is 11.1. The number of nitrogens with one attached hydrogen (secondary N) is 2. The van der Waals surface area contributed by atoms with E-state index >= 15 is 0 Å². The summed E-state index contributed by atoms with van der Waals surface area (Å²) in [5.41, 5.74) is 3.14. The fourth-order valence-electron chi connectivity index (χ4n) is 4.12. The molecular formula is C24H27F3N6O2. The summed E-state index contributed by atoms with van der Waals surface area (Å²) in [6, 6.07) is 6.46.